The predicted molar refractivity (Wildman–Crippen MR) is 119 cm³/mol. The second-order valence-electron chi connectivity index (χ2n) is 7.21. The maximum absolute atomic E-state index is 12.6. The first-order valence-electron chi connectivity index (χ1n) is 10.2. The van der Waals surface area contributed by atoms with Gasteiger partial charge in [0.1, 0.15) is 5.82 Å². The van der Waals surface area contributed by atoms with Crippen molar-refractivity contribution in [3.05, 3.63) is 70.3 Å². The number of H-pyrrole nitrogens is 1. The Hall–Kier alpha value is -3.52. The van der Waals surface area contributed by atoms with E-state index in [-0.39, 0.29) is 18.0 Å². The van der Waals surface area contributed by atoms with Gasteiger partial charge in [0.2, 0.25) is 5.91 Å². The largest absolute Gasteiger partial charge is 0.465 e. The van der Waals surface area contributed by atoms with Gasteiger partial charge in [0.15, 0.2) is 0 Å². The lowest BCUT2D eigenvalue weighted by Gasteiger charge is -2.21. The molecule has 0 atom stereocenters. The molecule has 0 fully saturated rings. The standard InChI is InChI=1S/C23H26N4O4/c1-3-4-13-27(14-20-25-19-8-6-5-7-18(19)22(29)26-20)15-21(28)24-17-11-9-16(10-12-17)23(30)31-2/h5-12H,3-4,13-15H2,1-2H3,(H,24,28)(H,25,26,29). The van der Waals surface area contributed by atoms with E-state index in [0.717, 1.165) is 12.8 Å². The Labute approximate surface area is 180 Å². The molecule has 162 valence electrons. The van der Waals surface area contributed by atoms with Crippen molar-refractivity contribution in [2.45, 2.75) is 26.3 Å². The Morgan fingerprint density at radius 2 is 1.87 bits per heavy atom. The van der Waals surface area contributed by atoms with Crippen LogP contribution in [0.2, 0.25) is 0 Å². The molecule has 1 heterocycles. The molecule has 2 aromatic carbocycles. The quantitative estimate of drug-likeness (QED) is 0.514. The lowest BCUT2D eigenvalue weighted by Crippen LogP contribution is -2.34. The smallest absolute Gasteiger partial charge is 0.337 e. The molecule has 2 N–H and O–H groups in total. The highest BCUT2D eigenvalue weighted by Gasteiger charge is 2.14. The summed E-state index contributed by atoms with van der Waals surface area (Å²) >= 11 is 0. The van der Waals surface area contributed by atoms with Crippen molar-refractivity contribution < 1.29 is 14.3 Å². The van der Waals surface area contributed by atoms with E-state index in [0.29, 0.717) is 41.1 Å². The van der Waals surface area contributed by atoms with Gasteiger partial charge in [-0.3, -0.25) is 14.5 Å². The fourth-order valence-corrected chi connectivity index (χ4v) is 3.23. The zero-order valence-corrected chi connectivity index (χ0v) is 17.7. The first-order chi connectivity index (χ1) is 15.0. The number of carbonyl (C=O) groups is 2. The second kappa shape index (κ2) is 10.5. The summed E-state index contributed by atoms with van der Waals surface area (Å²) in [6, 6.07) is 13.7. The fourth-order valence-electron chi connectivity index (χ4n) is 3.23. The first kappa shape index (κ1) is 22.2. The average Bonchev–Trinajstić information content (AvgIpc) is 2.77. The Bertz CT molecular complexity index is 1110. The van der Waals surface area contributed by atoms with Crippen LogP contribution < -0.4 is 10.9 Å². The summed E-state index contributed by atoms with van der Waals surface area (Å²) in [5, 5.41) is 3.38. The summed E-state index contributed by atoms with van der Waals surface area (Å²) in [6.07, 6.45) is 1.90. The highest BCUT2D eigenvalue weighted by Crippen LogP contribution is 2.12. The number of para-hydroxylation sites is 1. The number of hydrogen-bond acceptors (Lipinski definition) is 6. The highest BCUT2D eigenvalue weighted by atomic mass is 16.5. The monoisotopic (exact) mass is 422 g/mol. The predicted octanol–water partition coefficient (Wildman–Crippen LogP) is 2.95. The van der Waals surface area contributed by atoms with E-state index in [9.17, 15) is 14.4 Å². The van der Waals surface area contributed by atoms with E-state index < -0.39 is 5.97 Å². The van der Waals surface area contributed by atoms with E-state index in [1.807, 2.05) is 11.0 Å². The van der Waals surface area contributed by atoms with Gasteiger partial charge < -0.3 is 15.0 Å². The Kier molecular flexibility index (Phi) is 7.50. The van der Waals surface area contributed by atoms with Gasteiger partial charge in [-0.05, 0) is 49.4 Å². The summed E-state index contributed by atoms with van der Waals surface area (Å²) in [5.74, 6) is -0.0967. The summed E-state index contributed by atoms with van der Waals surface area (Å²) < 4.78 is 4.68. The van der Waals surface area contributed by atoms with Crippen LogP contribution in [0.4, 0.5) is 5.69 Å². The molecule has 0 spiro atoms. The number of carbonyl (C=O) groups excluding carboxylic acids is 2. The van der Waals surface area contributed by atoms with Crippen LogP contribution in [0.25, 0.3) is 10.9 Å². The second-order valence-corrected chi connectivity index (χ2v) is 7.21. The Balaban J connectivity index is 1.68. The molecule has 1 aromatic heterocycles. The molecule has 1 amide bonds. The zero-order valence-electron chi connectivity index (χ0n) is 17.7. The number of anilines is 1. The minimum absolute atomic E-state index is 0.148. The number of amides is 1. The number of esters is 1. The number of nitrogens with zero attached hydrogens (tertiary/aromatic N) is 2. The number of nitrogens with one attached hydrogen (secondary N) is 2. The van der Waals surface area contributed by atoms with Gasteiger partial charge in [-0.15, -0.1) is 0 Å². The molecule has 0 bridgehead atoms. The molecular weight excluding hydrogens is 396 g/mol. The normalized spacial score (nSPS) is 10.9. The number of hydrogen-bond donors (Lipinski definition) is 2. The minimum Gasteiger partial charge on any atom is -0.465 e. The third-order valence-corrected chi connectivity index (χ3v) is 4.82. The van der Waals surface area contributed by atoms with E-state index >= 15 is 0 Å². The number of aromatic nitrogens is 2. The van der Waals surface area contributed by atoms with Crippen molar-refractivity contribution in [2.24, 2.45) is 0 Å². The molecule has 8 nitrogen and oxygen atoms in total. The lowest BCUT2D eigenvalue weighted by atomic mass is 10.2. The van der Waals surface area contributed by atoms with E-state index in [1.165, 1.54) is 7.11 Å². The van der Waals surface area contributed by atoms with Crippen molar-refractivity contribution in [3.63, 3.8) is 0 Å². The van der Waals surface area contributed by atoms with Crippen LogP contribution in [0.3, 0.4) is 0 Å². The van der Waals surface area contributed by atoms with Crippen LogP contribution in [-0.2, 0) is 16.1 Å². The van der Waals surface area contributed by atoms with Gasteiger partial charge >= 0.3 is 5.97 Å². The molecule has 3 rings (SSSR count). The number of ether oxygens (including phenoxy) is 1. The molecule has 0 unspecified atom stereocenters. The number of aromatic amines is 1. The number of fused-ring (bicyclic) bond motifs is 1. The van der Waals surface area contributed by atoms with Crippen molar-refractivity contribution in [1.29, 1.82) is 0 Å². The van der Waals surface area contributed by atoms with Crippen LogP contribution in [0.1, 0.15) is 35.9 Å². The van der Waals surface area contributed by atoms with Crippen LogP contribution in [-0.4, -0.2) is 46.9 Å². The molecule has 0 aliphatic heterocycles. The lowest BCUT2D eigenvalue weighted by molar-refractivity contribution is -0.117. The Morgan fingerprint density at radius 1 is 1.13 bits per heavy atom. The summed E-state index contributed by atoms with van der Waals surface area (Å²) in [7, 11) is 1.32. The highest BCUT2D eigenvalue weighted by molar-refractivity contribution is 5.94. The van der Waals surface area contributed by atoms with Gasteiger partial charge in [-0.25, -0.2) is 9.78 Å². The maximum atomic E-state index is 12.6. The zero-order chi connectivity index (χ0) is 22.2. The van der Waals surface area contributed by atoms with Crippen molar-refractivity contribution in [3.8, 4) is 0 Å². The van der Waals surface area contributed by atoms with Gasteiger partial charge in [0.05, 0.1) is 36.7 Å². The molecule has 0 aliphatic rings. The fraction of sp³-hybridized carbons (Fsp3) is 0.304. The van der Waals surface area contributed by atoms with E-state index in [1.54, 1.807) is 42.5 Å². The Morgan fingerprint density at radius 3 is 2.58 bits per heavy atom. The molecule has 3 aromatic rings. The molecule has 31 heavy (non-hydrogen) atoms. The van der Waals surface area contributed by atoms with Gasteiger partial charge in [0.25, 0.3) is 5.56 Å². The number of unbranched alkanes of at least 4 members (excludes halogenated alkanes) is 1. The molecular formula is C23H26N4O4. The maximum Gasteiger partial charge on any atom is 0.337 e. The van der Waals surface area contributed by atoms with E-state index in [2.05, 4.69) is 26.9 Å². The van der Waals surface area contributed by atoms with Crippen LogP contribution in [0.5, 0.6) is 0 Å². The van der Waals surface area contributed by atoms with E-state index in [4.69, 9.17) is 0 Å². The third kappa shape index (κ3) is 5.99. The molecule has 0 saturated carbocycles. The van der Waals surface area contributed by atoms with Crippen molar-refractivity contribution >= 4 is 28.5 Å². The van der Waals surface area contributed by atoms with Crippen molar-refractivity contribution in [1.82, 2.24) is 14.9 Å². The van der Waals surface area contributed by atoms with Gasteiger partial charge in [-0.2, -0.15) is 0 Å². The number of rotatable bonds is 9. The summed E-state index contributed by atoms with van der Waals surface area (Å²) in [6.45, 7) is 3.28. The SMILES string of the molecule is CCCCN(CC(=O)Nc1ccc(C(=O)OC)cc1)Cc1nc2ccccc2c(=O)[nH]1. The average molecular weight is 422 g/mol. The van der Waals surface area contributed by atoms with Crippen LogP contribution in [0.15, 0.2) is 53.3 Å². The van der Waals surface area contributed by atoms with Crippen LogP contribution in [0, 0.1) is 0 Å². The number of benzene rings is 2. The van der Waals surface area contributed by atoms with Gasteiger partial charge in [0, 0.05) is 5.69 Å². The third-order valence-electron chi connectivity index (χ3n) is 4.82. The molecule has 0 aliphatic carbocycles. The topological polar surface area (TPSA) is 104 Å². The van der Waals surface area contributed by atoms with Crippen LogP contribution >= 0.6 is 0 Å². The summed E-state index contributed by atoms with van der Waals surface area (Å²) in [4.78, 5) is 45.8. The molecule has 8 heteroatoms. The summed E-state index contributed by atoms with van der Waals surface area (Å²) in [5.41, 5.74) is 1.44. The molecule has 0 saturated heterocycles. The number of methoxy groups -OCH3 is 1. The molecule has 0 radical (unpaired) electrons. The van der Waals surface area contributed by atoms with Gasteiger partial charge in [-0.1, -0.05) is 25.5 Å². The van der Waals surface area contributed by atoms with Crippen molar-refractivity contribution in [2.75, 3.05) is 25.5 Å². The minimum atomic E-state index is -0.430. The first-order valence-corrected chi connectivity index (χ1v) is 10.2.